The molecule has 1 nitrogen and oxygen atoms in total. The smallest absolute Gasteiger partial charge is 0.0393 e. The van der Waals surface area contributed by atoms with E-state index >= 15 is 0 Å². The molecule has 0 heterocycles. The summed E-state index contributed by atoms with van der Waals surface area (Å²) in [5.74, 6) is 0. The summed E-state index contributed by atoms with van der Waals surface area (Å²) in [6.45, 7) is 0. The lowest BCUT2D eigenvalue weighted by Crippen LogP contribution is -2.40. The van der Waals surface area contributed by atoms with E-state index in [1.807, 2.05) is 0 Å². The zero-order chi connectivity index (χ0) is 13.8. The molecule has 2 aromatic carbocycles. The van der Waals surface area contributed by atoms with Crippen LogP contribution in [0.4, 0.5) is 0 Å². The Morgan fingerprint density at radius 3 is 2.15 bits per heavy atom. The quantitative estimate of drug-likeness (QED) is 0.873. The Balaban J connectivity index is 2.02. The van der Waals surface area contributed by atoms with Crippen LogP contribution in [0.2, 0.25) is 0 Å². The first-order valence-electron chi connectivity index (χ1n) is 7.51. The average Bonchev–Trinajstić information content (AvgIpc) is 2.56. The Morgan fingerprint density at radius 2 is 1.55 bits per heavy atom. The van der Waals surface area contributed by atoms with Crippen molar-refractivity contribution in [1.82, 2.24) is 0 Å². The highest BCUT2D eigenvalue weighted by molar-refractivity contribution is 5.34. The second-order valence-electron chi connectivity index (χ2n) is 5.80. The molecule has 0 unspecified atom stereocenters. The molecule has 0 aliphatic heterocycles. The van der Waals surface area contributed by atoms with Crippen LogP contribution in [0.3, 0.4) is 0 Å². The van der Waals surface area contributed by atoms with Crippen LogP contribution in [-0.4, -0.2) is 0 Å². The number of rotatable bonds is 3. The Morgan fingerprint density at radius 1 is 0.900 bits per heavy atom. The number of benzene rings is 2. The highest BCUT2D eigenvalue weighted by Crippen LogP contribution is 2.46. The molecule has 1 fully saturated rings. The molecule has 0 aromatic heterocycles. The fourth-order valence-electron chi connectivity index (χ4n) is 3.50. The lowest BCUT2D eigenvalue weighted by Gasteiger charge is -2.43. The van der Waals surface area contributed by atoms with Gasteiger partial charge >= 0.3 is 0 Å². The average molecular weight is 264 g/mol. The summed E-state index contributed by atoms with van der Waals surface area (Å²) in [4.78, 5) is 0. The second kappa shape index (κ2) is 5.80. The normalized spacial score (nSPS) is 19.4. The second-order valence-corrected chi connectivity index (χ2v) is 5.80. The third kappa shape index (κ3) is 2.38. The summed E-state index contributed by atoms with van der Waals surface area (Å²) in [5.41, 5.74) is 9.40. The van der Waals surface area contributed by atoms with Crippen molar-refractivity contribution in [2.24, 2.45) is 5.73 Å². The monoisotopic (exact) mass is 264 g/mol. The van der Waals surface area contributed by atoms with Gasteiger partial charge in [0.25, 0.3) is 0 Å². The van der Waals surface area contributed by atoms with Crippen LogP contribution in [0.1, 0.15) is 42.9 Å². The topological polar surface area (TPSA) is 26.0 Å². The molecule has 0 amide bonds. The molecule has 20 heavy (non-hydrogen) atoms. The molecule has 1 aliphatic carbocycles. The summed E-state index contributed by atoms with van der Waals surface area (Å²) in [5, 5.41) is 0. The van der Waals surface area contributed by atoms with Crippen molar-refractivity contribution >= 4 is 0 Å². The third-order valence-corrected chi connectivity index (χ3v) is 4.64. The molecule has 1 saturated carbocycles. The molecular formula is C19H22N. The number of hydrogen-bond donors (Lipinski definition) is 1. The summed E-state index contributed by atoms with van der Waals surface area (Å²) < 4.78 is 0. The molecule has 1 heteroatoms. The first-order chi connectivity index (χ1) is 9.83. The molecule has 103 valence electrons. The van der Waals surface area contributed by atoms with Gasteiger partial charge < -0.3 is 5.73 Å². The van der Waals surface area contributed by atoms with Crippen LogP contribution in [0.5, 0.6) is 0 Å². The van der Waals surface area contributed by atoms with Gasteiger partial charge in [-0.05, 0) is 30.4 Å². The molecule has 0 saturated heterocycles. The molecule has 1 aliphatic rings. The minimum absolute atomic E-state index is 0.0564. The van der Waals surface area contributed by atoms with Crippen molar-refractivity contribution in [3.63, 3.8) is 0 Å². The first-order valence-corrected chi connectivity index (χ1v) is 7.51. The van der Waals surface area contributed by atoms with Crippen molar-refractivity contribution in [1.29, 1.82) is 0 Å². The van der Waals surface area contributed by atoms with E-state index in [0.29, 0.717) is 0 Å². The Kier molecular flexibility index (Phi) is 3.88. The minimum atomic E-state index is 0.0564. The summed E-state index contributed by atoms with van der Waals surface area (Å²) in [6.07, 6.45) is 7.11. The zero-order valence-corrected chi connectivity index (χ0v) is 11.8. The molecular weight excluding hydrogens is 242 g/mol. The van der Waals surface area contributed by atoms with E-state index in [-0.39, 0.29) is 11.5 Å². The molecule has 2 atom stereocenters. The van der Waals surface area contributed by atoms with Gasteiger partial charge in [-0.3, -0.25) is 0 Å². The van der Waals surface area contributed by atoms with E-state index in [9.17, 15) is 0 Å². The summed E-state index contributed by atoms with van der Waals surface area (Å²) in [6, 6.07) is 21.4. The largest absolute Gasteiger partial charge is 0.323 e. The van der Waals surface area contributed by atoms with Crippen LogP contribution < -0.4 is 5.73 Å². The lowest BCUT2D eigenvalue weighted by atomic mass is 9.63. The maximum absolute atomic E-state index is 6.72. The fraction of sp³-hybridized carbons (Fsp3) is 0.316. The van der Waals surface area contributed by atoms with Gasteiger partial charge in [0.2, 0.25) is 0 Å². The maximum Gasteiger partial charge on any atom is 0.0393 e. The van der Waals surface area contributed by atoms with Gasteiger partial charge in [-0.25, -0.2) is 0 Å². The van der Waals surface area contributed by atoms with Gasteiger partial charge in [0.1, 0.15) is 0 Å². The van der Waals surface area contributed by atoms with Crippen molar-refractivity contribution in [2.45, 2.75) is 37.1 Å². The van der Waals surface area contributed by atoms with Gasteiger partial charge in [0.05, 0.1) is 0 Å². The first kappa shape index (κ1) is 13.4. The number of hydrogen-bond acceptors (Lipinski definition) is 1. The van der Waals surface area contributed by atoms with Crippen LogP contribution in [0.25, 0.3) is 0 Å². The van der Waals surface area contributed by atoms with Crippen LogP contribution in [-0.2, 0) is 5.41 Å². The van der Waals surface area contributed by atoms with E-state index < -0.39 is 0 Å². The van der Waals surface area contributed by atoms with Crippen molar-refractivity contribution in [3.05, 3.63) is 78.2 Å². The molecule has 3 rings (SSSR count). The van der Waals surface area contributed by atoms with Crippen molar-refractivity contribution < 1.29 is 0 Å². The third-order valence-electron chi connectivity index (χ3n) is 4.64. The van der Waals surface area contributed by atoms with Crippen LogP contribution in [0.15, 0.2) is 60.7 Å². The standard InChI is InChI=1S/C19H22N/c20-18(16-10-4-1-5-11-16)19(14-8-3-9-15-19)17-12-6-2-7-13-17/h1-2,4-8,10-13,18H,3,9,14-15,20H2/t18-,19-/m1/s1. The van der Waals surface area contributed by atoms with Gasteiger partial charge in [0.15, 0.2) is 0 Å². The van der Waals surface area contributed by atoms with Crippen LogP contribution in [0, 0.1) is 6.42 Å². The van der Waals surface area contributed by atoms with E-state index in [0.717, 1.165) is 6.42 Å². The Hall–Kier alpha value is -1.60. The zero-order valence-electron chi connectivity index (χ0n) is 11.8. The highest BCUT2D eigenvalue weighted by Gasteiger charge is 2.40. The minimum Gasteiger partial charge on any atom is -0.323 e. The van der Waals surface area contributed by atoms with Gasteiger partial charge in [0, 0.05) is 11.5 Å². The van der Waals surface area contributed by atoms with Gasteiger partial charge in [-0.15, -0.1) is 0 Å². The van der Waals surface area contributed by atoms with E-state index in [1.54, 1.807) is 0 Å². The fourth-order valence-corrected chi connectivity index (χ4v) is 3.50. The van der Waals surface area contributed by atoms with E-state index in [4.69, 9.17) is 5.73 Å². The van der Waals surface area contributed by atoms with E-state index in [1.165, 1.54) is 30.4 Å². The summed E-state index contributed by atoms with van der Waals surface area (Å²) in [7, 11) is 0. The van der Waals surface area contributed by atoms with Gasteiger partial charge in [-0.2, -0.15) is 0 Å². The van der Waals surface area contributed by atoms with Gasteiger partial charge in [-0.1, -0.05) is 73.5 Å². The maximum atomic E-state index is 6.72. The SMILES string of the molecule is N[C@H](c1ccccc1)[C@]1(c2ccccc2)C[CH]CCC1. The molecule has 2 aromatic rings. The molecule has 0 spiro atoms. The molecule has 1 radical (unpaired) electrons. The molecule has 0 bridgehead atoms. The number of nitrogens with two attached hydrogens (primary N) is 1. The summed E-state index contributed by atoms with van der Waals surface area (Å²) >= 11 is 0. The Labute approximate surface area is 121 Å². The predicted octanol–water partition coefficient (Wildman–Crippen LogP) is 4.40. The lowest BCUT2D eigenvalue weighted by molar-refractivity contribution is 0.279. The molecule has 2 N–H and O–H groups in total. The predicted molar refractivity (Wildman–Crippen MR) is 84.3 cm³/mol. The van der Waals surface area contributed by atoms with Crippen molar-refractivity contribution in [3.8, 4) is 0 Å². The van der Waals surface area contributed by atoms with Crippen LogP contribution >= 0.6 is 0 Å². The van der Waals surface area contributed by atoms with E-state index in [2.05, 4.69) is 67.1 Å². The van der Waals surface area contributed by atoms with Crippen molar-refractivity contribution in [2.75, 3.05) is 0 Å². The highest BCUT2D eigenvalue weighted by atomic mass is 14.7. The Bertz CT molecular complexity index is 526.